The Morgan fingerprint density at radius 1 is 1.50 bits per heavy atom. The van der Waals surface area contributed by atoms with Gasteiger partial charge in [-0.25, -0.2) is 4.79 Å². The van der Waals surface area contributed by atoms with Crippen molar-refractivity contribution in [3.05, 3.63) is 0 Å². The Morgan fingerprint density at radius 2 is 2.00 bits per heavy atom. The largest absolute Gasteiger partial charge is 0.330 e. The van der Waals surface area contributed by atoms with Crippen molar-refractivity contribution in [2.45, 2.75) is 0 Å². The highest BCUT2D eigenvalue weighted by molar-refractivity contribution is 14.1. The number of amides is 3. The summed E-state index contributed by atoms with van der Waals surface area (Å²) < 4.78 is 2.15. The van der Waals surface area contributed by atoms with Crippen molar-refractivity contribution in [3.63, 3.8) is 0 Å². The van der Waals surface area contributed by atoms with Crippen molar-refractivity contribution < 1.29 is 9.59 Å². The van der Waals surface area contributed by atoms with Crippen molar-refractivity contribution >= 4 is 46.8 Å². The molecule has 0 aliphatic carbocycles. The highest BCUT2D eigenvalue weighted by Gasteiger charge is 1.97. The van der Waals surface area contributed by atoms with Crippen LogP contribution in [0, 0.1) is 0 Å². The second kappa shape index (κ2) is 3.96. The van der Waals surface area contributed by atoms with E-state index in [-0.39, 0.29) is 0 Å². The van der Waals surface area contributed by atoms with Gasteiger partial charge in [0.1, 0.15) is 0 Å². The minimum Gasteiger partial charge on any atom is -0.280 e. The molecule has 0 aliphatic rings. The Balaban J connectivity index is 3.40. The molecule has 0 spiro atoms. The van der Waals surface area contributed by atoms with E-state index >= 15 is 0 Å². The van der Waals surface area contributed by atoms with Crippen LogP contribution in [-0.4, -0.2) is 11.3 Å². The lowest BCUT2D eigenvalue weighted by Gasteiger charge is -1.92. The van der Waals surface area contributed by atoms with E-state index in [4.69, 9.17) is 0 Å². The number of thiol groups is 1. The molecule has 0 fully saturated rings. The molecule has 8 heavy (non-hydrogen) atoms. The van der Waals surface area contributed by atoms with E-state index < -0.39 is 11.3 Å². The summed E-state index contributed by atoms with van der Waals surface area (Å²) in [5, 5.41) is 1.19. The van der Waals surface area contributed by atoms with Crippen LogP contribution in [0.3, 0.4) is 0 Å². The van der Waals surface area contributed by atoms with Crippen molar-refractivity contribution in [1.29, 1.82) is 0 Å². The Bertz CT molecular complexity index is 117. The molecule has 2 N–H and O–H groups in total. The van der Waals surface area contributed by atoms with Crippen LogP contribution in [0.5, 0.6) is 0 Å². The second-order valence-corrected chi connectivity index (χ2v) is 1.80. The first-order valence-electron chi connectivity index (χ1n) is 1.57. The van der Waals surface area contributed by atoms with E-state index in [0.717, 1.165) is 0 Å². The molecule has 0 aromatic rings. The maximum atomic E-state index is 10.1. The van der Waals surface area contributed by atoms with Gasteiger partial charge in [0.2, 0.25) is 0 Å². The molecule has 0 unspecified atom stereocenters. The van der Waals surface area contributed by atoms with E-state index in [9.17, 15) is 9.59 Å². The highest BCUT2D eigenvalue weighted by atomic mass is 127. The number of imide groups is 1. The summed E-state index contributed by atoms with van der Waals surface area (Å²) in [5.74, 6) is 0. The fraction of sp³-hybridized carbons (Fsp3) is 0. The molecule has 4 nitrogen and oxygen atoms in total. The van der Waals surface area contributed by atoms with Gasteiger partial charge in [-0.3, -0.25) is 13.6 Å². The van der Waals surface area contributed by atoms with Gasteiger partial charge in [0.05, 0.1) is 22.9 Å². The summed E-state index contributed by atoms with van der Waals surface area (Å²) in [6.45, 7) is 0. The van der Waals surface area contributed by atoms with Crippen LogP contribution in [0.4, 0.5) is 9.59 Å². The third-order valence-corrected chi connectivity index (χ3v) is 0.908. The lowest BCUT2D eigenvalue weighted by atomic mass is 11.0. The minimum absolute atomic E-state index is 0.564. The standard InChI is InChI=1S/C2H3IN2O2S/c3-5-1(6)4-2(7)8/h(H3,4,5,6,7,8). The maximum Gasteiger partial charge on any atom is 0.330 e. The van der Waals surface area contributed by atoms with E-state index in [0.29, 0.717) is 0 Å². The Kier molecular flexibility index (Phi) is 3.97. The summed E-state index contributed by atoms with van der Waals surface area (Å²) in [5.41, 5.74) is 0. The zero-order valence-electron chi connectivity index (χ0n) is 3.64. The number of urea groups is 1. The first kappa shape index (κ1) is 8.02. The molecule has 0 heterocycles. The minimum atomic E-state index is -0.667. The average molecular weight is 246 g/mol. The quantitative estimate of drug-likeness (QED) is 0.334. The predicted octanol–water partition coefficient (Wildman–Crippen LogP) is 0.685. The molecule has 46 valence electrons. The van der Waals surface area contributed by atoms with Gasteiger partial charge >= 0.3 is 6.03 Å². The van der Waals surface area contributed by atoms with Crippen molar-refractivity contribution in [1.82, 2.24) is 8.85 Å². The lowest BCUT2D eigenvalue weighted by molar-refractivity contribution is 0.241. The van der Waals surface area contributed by atoms with Crippen LogP contribution in [0.15, 0.2) is 0 Å². The average Bonchev–Trinajstić information content (AvgIpc) is 1.65. The van der Waals surface area contributed by atoms with Crippen molar-refractivity contribution in [2.75, 3.05) is 0 Å². The molecule has 0 rings (SSSR count). The van der Waals surface area contributed by atoms with Gasteiger partial charge in [-0.05, 0) is 0 Å². The zero-order valence-corrected chi connectivity index (χ0v) is 6.69. The number of hydrogen-bond donors (Lipinski definition) is 3. The van der Waals surface area contributed by atoms with Crippen molar-refractivity contribution in [2.24, 2.45) is 0 Å². The first-order chi connectivity index (χ1) is 3.66. The van der Waals surface area contributed by atoms with E-state index in [1.165, 1.54) is 0 Å². The third-order valence-electron chi connectivity index (χ3n) is 0.306. The molecule has 0 aromatic carbocycles. The summed E-state index contributed by atoms with van der Waals surface area (Å²) in [6.07, 6.45) is 0. The van der Waals surface area contributed by atoms with Crippen LogP contribution < -0.4 is 8.85 Å². The fourth-order valence-corrected chi connectivity index (χ4v) is 0.357. The predicted molar refractivity (Wildman–Crippen MR) is 40.1 cm³/mol. The number of rotatable bonds is 0. The summed E-state index contributed by atoms with van der Waals surface area (Å²) in [7, 11) is 0. The number of hydrogen-bond acceptors (Lipinski definition) is 2. The molecule has 0 radical (unpaired) electrons. The molecular formula is C2H3IN2O2S. The summed E-state index contributed by atoms with van der Waals surface area (Å²) >= 11 is 4.88. The van der Waals surface area contributed by atoms with Gasteiger partial charge in [0, 0.05) is 0 Å². The fourth-order valence-electron chi connectivity index (χ4n) is 0.121. The monoisotopic (exact) mass is 246 g/mol. The molecular weight excluding hydrogens is 243 g/mol. The Morgan fingerprint density at radius 3 is 2.12 bits per heavy atom. The molecule has 0 saturated carbocycles. The topological polar surface area (TPSA) is 58.2 Å². The molecule has 3 amide bonds. The first-order valence-corrected chi connectivity index (χ1v) is 3.10. The second-order valence-electron chi connectivity index (χ2n) is 0.854. The molecule has 0 saturated heterocycles. The Labute approximate surface area is 65.3 Å². The van der Waals surface area contributed by atoms with Gasteiger partial charge in [-0.2, -0.15) is 0 Å². The molecule has 0 bridgehead atoms. The maximum absolute atomic E-state index is 10.1. The number of nitrogens with one attached hydrogen (secondary N) is 2. The molecule has 0 atom stereocenters. The Hall–Kier alpha value is 0.0200. The summed E-state index contributed by atoms with van der Waals surface area (Å²) in [6, 6.07) is -0.564. The van der Waals surface area contributed by atoms with Gasteiger partial charge in [0.25, 0.3) is 5.24 Å². The van der Waals surface area contributed by atoms with Crippen LogP contribution >= 0.6 is 35.5 Å². The molecule has 6 heteroatoms. The number of halogens is 1. The molecule has 0 aromatic heterocycles. The smallest absolute Gasteiger partial charge is 0.280 e. The van der Waals surface area contributed by atoms with E-state index in [1.807, 2.05) is 5.32 Å². The zero-order chi connectivity index (χ0) is 6.57. The van der Waals surface area contributed by atoms with Gasteiger partial charge < -0.3 is 0 Å². The van der Waals surface area contributed by atoms with Crippen LogP contribution in [-0.2, 0) is 0 Å². The van der Waals surface area contributed by atoms with Crippen LogP contribution in [0.1, 0.15) is 0 Å². The normalized spacial score (nSPS) is 7.75. The SMILES string of the molecule is O=C(S)NC(=O)NI. The van der Waals surface area contributed by atoms with Crippen LogP contribution in [0.2, 0.25) is 0 Å². The lowest BCUT2D eigenvalue weighted by Crippen LogP contribution is -2.31. The molecule has 0 aliphatic heterocycles. The van der Waals surface area contributed by atoms with Crippen LogP contribution in [0.25, 0.3) is 0 Å². The highest BCUT2D eigenvalue weighted by Crippen LogP contribution is 1.76. The number of carbonyl (C=O) groups is 2. The van der Waals surface area contributed by atoms with Gasteiger partial charge in [0.15, 0.2) is 0 Å². The van der Waals surface area contributed by atoms with Crippen molar-refractivity contribution in [3.8, 4) is 0 Å². The van der Waals surface area contributed by atoms with E-state index in [2.05, 4.69) is 16.2 Å². The third kappa shape index (κ3) is 4.19. The van der Waals surface area contributed by atoms with Gasteiger partial charge in [-0.15, -0.1) is 0 Å². The van der Waals surface area contributed by atoms with E-state index in [1.54, 1.807) is 22.9 Å². The van der Waals surface area contributed by atoms with Gasteiger partial charge in [-0.1, -0.05) is 12.6 Å². The number of carbonyl (C=O) groups excluding carboxylic acids is 2. The summed E-state index contributed by atoms with van der Waals surface area (Å²) in [4.78, 5) is 20.0.